The van der Waals surface area contributed by atoms with Gasteiger partial charge in [-0.25, -0.2) is 4.98 Å². The van der Waals surface area contributed by atoms with E-state index >= 15 is 0 Å². The van der Waals surface area contributed by atoms with Crippen LogP contribution >= 0.6 is 0 Å². The molecule has 0 fully saturated rings. The molecular weight excluding hydrogens is 336 g/mol. The molecule has 0 aliphatic heterocycles. The summed E-state index contributed by atoms with van der Waals surface area (Å²) in [5.41, 5.74) is 2.06. The third-order valence-corrected chi connectivity index (χ3v) is 4.43. The van der Waals surface area contributed by atoms with E-state index in [4.69, 9.17) is 14.5 Å². The first-order chi connectivity index (χ1) is 13.3. The molecule has 0 spiro atoms. The number of ether oxygens (including phenoxy) is 2. The minimum atomic E-state index is -0.170. The van der Waals surface area contributed by atoms with Gasteiger partial charge < -0.3 is 14.0 Å². The summed E-state index contributed by atoms with van der Waals surface area (Å²) in [6.45, 7) is 3.30. The van der Waals surface area contributed by atoms with Crippen LogP contribution in [0.15, 0.2) is 84.9 Å². The highest BCUT2D eigenvalue weighted by Gasteiger charge is 2.18. The Bertz CT molecular complexity index is 997. The lowest BCUT2D eigenvalue weighted by molar-refractivity contribution is 0.207. The highest BCUT2D eigenvalue weighted by molar-refractivity contribution is 5.76. The van der Waals surface area contributed by atoms with Crippen LogP contribution in [0.2, 0.25) is 0 Å². The van der Waals surface area contributed by atoms with E-state index in [9.17, 15) is 0 Å². The van der Waals surface area contributed by atoms with E-state index in [1.165, 1.54) is 0 Å². The molecule has 0 saturated heterocycles. The third kappa shape index (κ3) is 3.95. The number of para-hydroxylation sites is 4. The van der Waals surface area contributed by atoms with Gasteiger partial charge in [-0.05, 0) is 43.3 Å². The number of hydrogen-bond acceptors (Lipinski definition) is 3. The lowest BCUT2D eigenvalue weighted by Crippen LogP contribution is -2.15. The van der Waals surface area contributed by atoms with Gasteiger partial charge >= 0.3 is 0 Å². The zero-order valence-electron chi connectivity index (χ0n) is 15.3. The fourth-order valence-electron chi connectivity index (χ4n) is 3.17. The van der Waals surface area contributed by atoms with Crippen molar-refractivity contribution in [3.8, 4) is 11.5 Å². The highest BCUT2D eigenvalue weighted by atomic mass is 16.5. The van der Waals surface area contributed by atoms with E-state index in [0.29, 0.717) is 13.2 Å². The van der Waals surface area contributed by atoms with Crippen molar-refractivity contribution in [1.29, 1.82) is 0 Å². The second-order valence-corrected chi connectivity index (χ2v) is 6.35. The quantitative estimate of drug-likeness (QED) is 0.452. The Morgan fingerprint density at radius 1 is 0.815 bits per heavy atom. The number of imidazole rings is 1. The molecule has 1 atom stereocenters. The Labute approximate surface area is 159 Å². The van der Waals surface area contributed by atoms with Crippen LogP contribution < -0.4 is 9.47 Å². The molecular formula is C23H22N2O2. The maximum atomic E-state index is 6.11. The van der Waals surface area contributed by atoms with Crippen LogP contribution in [0.3, 0.4) is 0 Å². The van der Waals surface area contributed by atoms with Gasteiger partial charge in [-0.2, -0.15) is 0 Å². The van der Waals surface area contributed by atoms with Crippen molar-refractivity contribution in [3.63, 3.8) is 0 Å². The molecule has 0 bridgehead atoms. The van der Waals surface area contributed by atoms with Crippen molar-refractivity contribution in [1.82, 2.24) is 9.55 Å². The van der Waals surface area contributed by atoms with Gasteiger partial charge in [0.05, 0.1) is 17.6 Å². The molecule has 136 valence electrons. The van der Waals surface area contributed by atoms with Gasteiger partial charge in [0.25, 0.3) is 0 Å². The molecule has 27 heavy (non-hydrogen) atoms. The summed E-state index contributed by atoms with van der Waals surface area (Å²) < 4.78 is 14.2. The Balaban J connectivity index is 1.57. The fraction of sp³-hybridized carbons (Fsp3) is 0.174. The SMILES string of the molecule is C[C@@H](Oc1ccccc1)c1nc2ccccc2n1CCOc1ccccc1. The zero-order chi connectivity index (χ0) is 18.5. The lowest BCUT2D eigenvalue weighted by atomic mass is 10.3. The highest BCUT2D eigenvalue weighted by Crippen LogP contribution is 2.25. The molecule has 0 saturated carbocycles. The second-order valence-electron chi connectivity index (χ2n) is 6.35. The average Bonchev–Trinajstić information content (AvgIpc) is 3.09. The maximum absolute atomic E-state index is 6.11. The Morgan fingerprint density at radius 3 is 2.19 bits per heavy atom. The predicted molar refractivity (Wildman–Crippen MR) is 107 cm³/mol. The van der Waals surface area contributed by atoms with E-state index < -0.39 is 0 Å². The molecule has 0 aliphatic rings. The number of rotatable bonds is 7. The average molecular weight is 358 g/mol. The van der Waals surface area contributed by atoms with Crippen molar-refractivity contribution in [2.45, 2.75) is 19.6 Å². The summed E-state index contributed by atoms with van der Waals surface area (Å²) in [5.74, 6) is 2.61. The first-order valence-corrected chi connectivity index (χ1v) is 9.16. The molecule has 0 amide bonds. The predicted octanol–water partition coefficient (Wildman–Crippen LogP) is 5.26. The van der Waals surface area contributed by atoms with Crippen LogP contribution in [-0.4, -0.2) is 16.2 Å². The zero-order valence-corrected chi connectivity index (χ0v) is 15.3. The summed E-state index contributed by atoms with van der Waals surface area (Å²) >= 11 is 0. The van der Waals surface area contributed by atoms with Crippen LogP contribution in [0.25, 0.3) is 11.0 Å². The topological polar surface area (TPSA) is 36.3 Å². The minimum absolute atomic E-state index is 0.170. The molecule has 4 aromatic rings. The summed E-state index contributed by atoms with van der Waals surface area (Å²) in [5, 5.41) is 0. The monoisotopic (exact) mass is 358 g/mol. The van der Waals surface area contributed by atoms with Gasteiger partial charge in [0, 0.05) is 0 Å². The van der Waals surface area contributed by atoms with E-state index in [1.54, 1.807) is 0 Å². The van der Waals surface area contributed by atoms with Crippen molar-refractivity contribution < 1.29 is 9.47 Å². The minimum Gasteiger partial charge on any atom is -0.492 e. The molecule has 4 heteroatoms. The molecule has 1 heterocycles. The molecule has 0 radical (unpaired) electrons. The number of aromatic nitrogens is 2. The molecule has 1 aromatic heterocycles. The molecule has 0 unspecified atom stereocenters. The van der Waals surface area contributed by atoms with E-state index in [0.717, 1.165) is 28.4 Å². The second kappa shape index (κ2) is 7.96. The molecule has 3 aromatic carbocycles. The smallest absolute Gasteiger partial charge is 0.153 e. The van der Waals surface area contributed by atoms with Crippen molar-refractivity contribution in [2.75, 3.05) is 6.61 Å². The standard InChI is InChI=1S/C23H22N2O2/c1-18(27-20-12-6-3-7-13-20)23-24-21-14-8-9-15-22(21)25(23)16-17-26-19-10-4-2-5-11-19/h2-15,18H,16-17H2,1H3/t18-/m1/s1. The lowest BCUT2D eigenvalue weighted by Gasteiger charge is -2.17. The Kier molecular flexibility index (Phi) is 5.06. The molecule has 4 nitrogen and oxygen atoms in total. The molecule has 4 rings (SSSR count). The first kappa shape index (κ1) is 17.2. The molecule has 0 aliphatic carbocycles. The van der Waals surface area contributed by atoms with E-state index in [1.807, 2.05) is 85.8 Å². The van der Waals surface area contributed by atoms with E-state index in [2.05, 4.69) is 10.6 Å². The van der Waals surface area contributed by atoms with Crippen molar-refractivity contribution >= 4 is 11.0 Å². The Morgan fingerprint density at radius 2 is 1.44 bits per heavy atom. The number of fused-ring (bicyclic) bond motifs is 1. The van der Waals surface area contributed by atoms with Gasteiger partial charge in [-0.15, -0.1) is 0 Å². The van der Waals surface area contributed by atoms with Crippen LogP contribution in [0.1, 0.15) is 18.9 Å². The summed E-state index contributed by atoms with van der Waals surface area (Å²) in [6.07, 6.45) is -0.170. The van der Waals surface area contributed by atoms with Gasteiger partial charge in [-0.3, -0.25) is 0 Å². The van der Waals surface area contributed by atoms with Crippen LogP contribution in [0, 0.1) is 0 Å². The largest absolute Gasteiger partial charge is 0.492 e. The van der Waals surface area contributed by atoms with Crippen LogP contribution in [0.5, 0.6) is 11.5 Å². The fourth-order valence-corrected chi connectivity index (χ4v) is 3.17. The number of hydrogen-bond donors (Lipinski definition) is 0. The maximum Gasteiger partial charge on any atom is 0.153 e. The van der Waals surface area contributed by atoms with Gasteiger partial charge in [0.15, 0.2) is 11.9 Å². The van der Waals surface area contributed by atoms with Gasteiger partial charge in [0.2, 0.25) is 0 Å². The first-order valence-electron chi connectivity index (χ1n) is 9.16. The summed E-state index contributed by atoms with van der Waals surface area (Å²) in [7, 11) is 0. The van der Waals surface area contributed by atoms with Gasteiger partial charge in [-0.1, -0.05) is 48.5 Å². The van der Waals surface area contributed by atoms with Crippen LogP contribution in [-0.2, 0) is 6.54 Å². The Hall–Kier alpha value is -3.27. The number of nitrogens with zero attached hydrogens (tertiary/aromatic N) is 2. The van der Waals surface area contributed by atoms with Crippen molar-refractivity contribution in [3.05, 3.63) is 90.8 Å². The van der Waals surface area contributed by atoms with Crippen LogP contribution in [0.4, 0.5) is 0 Å². The van der Waals surface area contributed by atoms with Crippen molar-refractivity contribution in [2.24, 2.45) is 0 Å². The van der Waals surface area contributed by atoms with E-state index in [-0.39, 0.29) is 6.10 Å². The van der Waals surface area contributed by atoms with Gasteiger partial charge in [0.1, 0.15) is 18.1 Å². The number of benzene rings is 3. The summed E-state index contributed by atoms with van der Waals surface area (Å²) in [4.78, 5) is 4.82. The third-order valence-electron chi connectivity index (χ3n) is 4.43. The summed E-state index contributed by atoms with van der Waals surface area (Å²) in [6, 6.07) is 27.9. The molecule has 0 N–H and O–H groups in total. The normalized spacial score (nSPS) is 12.0.